The second kappa shape index (κ2) is 5.37. The van der Waals surface area contributed by atoms with Crippen molar-refractivity contribution in [2.24, 2.45) is 0 Å². The summed E-state index contributed by atoms with van der Waals surface area (Å²) in [6.45, 7) is 0.209. The second-order valence-electron chi connectivity index (χ2n) is 4.14. The largest absolute Gasteiger partial charge is 0.454 e. The number of hydrogen-bond donors (Lipinski definition) is 1. The predicted molar refractivity (Wildman–Crippen MR) is 74.5 cm³/mol. The minimum Gasteiger partial charge on any atom is -0.454 e. The van der Waals surface area contributed by atoms with Crippen LogP contribution in [0.3, 0.4) is 0 Å². The van der Waals surface area contributed by atoms with Crippen LogP contribution in [0.5, 0.6) is 11.5 Å². The summed E-state index contributed by atoms with van der Waals surface area (Å²) in [6, 6.07) is 14.6. The molecule has 20 heavy (non-hydrogen) atoms. The molecule has 1 aliphatic heterocycles. The lowest BCUT2D eigenvalue weighted by molar-refractivity contribution is -0.111. The number of anilines is 1. The molecule has 1 heterocycles. The molecule has 0 aromatic heterocycles. The van der Waals surface area contributed by atoms with Crippen LogP contribution in [-0.2, 0) is 4.79 Å². The van der Waals surface area contributed by atoms with Gasteiger partial charge in [-0.25, -0.2) is 0 Å². The predicted octanol–water partition coefficient (Wildman–Crippen LogP) is 2.41. The van der Waals surface area contributed by atoms with E-state index in [1.54, 1.807) is 18.2 Å². The first-order valence-corrected chi connectivity index (χ1v) is 6.09. The molecule has 4 heteroatoms. The van der Waals surface area contributed by atoms with Crippen molar-refractivity contribution in [2.45, 2.75) is 0 Å². The van der Waals surface area contributed by atoms with Gasteiger partial charge in [0.15, 0.2) is 11.5 Å². The molecular formula is C16H11NO3. The number of carbonyl (C=O) groups excluding carboxylic acids is 1. The fourth-order valence-corrected chi connectivity index (χ4v) is 1.79. The van der Waals surface area contributed by atoms with Crippen LogP contribution >= 0.6 is 0 Å². The Labute approximate surface area is 116 Å². The molecule has 0 fully saturated rings. The fraction of sp³-hybridized carbons (Fsp3) is 0.0625. The summed E-state index contributed by atoms with van der Waals surface area (Å²) in [7, 11) is 0. The molecule has 0 saturated carbocycles. The minimum atomic E-state index is -0.368. The first kappa shape index (κ1) is 12.1. The maximum absolute atomic E-state index is 11.7. The number of carbonyl (C=O) groups is 1. The lowest BCUT2D eigenvalue weighted by Gasteiger charge is -2.02. The standard InChI is InChI=1S/C16H11NO3/c18-16(9-6-12-4-2-1-3-5-12)17-13-7-8-14-15(10-13)20-11-19-14/h1-5,7-8,10H,11H2,(H,17,18). The summed E-state index contributed by atoms with van der Waals surface area (Å²) >= 11 is 0. The van der Waals surface area contributed by atoms with Gasteiger partial charge in [-0.2, -0.15) is 0 Å². The molecule has 98 valence electrons. The molecule has 4 nitrogen and oxygen atoms in total. The third kappa shape index (κ3) is 2.73. The molecule has 0 bridgehead atoms. The van der Waals surface area contributed by atoms with Crippen LogP contribution in [-0.4, -0.2) is 12.7 Å². The zero-order chi connectivity index (χ0) is 13.8. The van der Waals surface area contributed by atoms with Crippen molar-refractivity contribution in [1.29, 1.82) is 0 Å². The Morgan fingerprint density at radius 2 is 1.85 bits per heavy atom. The second-order valence-corrected chi connectivity index (χ2v) is 4.14. The molecule has 2 aromatic rings. The number of ether oxygens (including phenoxy) is 2. The zero-order valence-electron chi connectivity index (χ0n) is 10.6. The number of fused-ring (bicyclic) bond motifs is 1. The third-order valence-electron chi connectivity index (χ3n) is 2.72. The quantitative estimate of drug-likeness (QED) is 0.805. The van der Waals surface area contributed by atoms with Crippen molar-refractivity contribution >= 4 is 11.6 Å². The molecule has 0 radical (unpaired) electrons. The summed E-state index contributed by atoms with van der Waals surface area (Å²) in [5.41, 5.74) is 1.43. The van der Waals surface area contributed by atoms with Gasteiger partial charge >= 0.3 is 5.91 Å². The van der Waals surface area contributed by atoms with Crippen molar-refractivity contribution in [3.8, 4) is 23.3 Å². The van der Waals surface area contributed by atoms with Gasteiger partial charge in [-0.1, -0.05) is 24.1 Å². The molecule has 1 N–H and O–H groups in total. The van der Waals surface area contributed by atoms with E-state index in [4.69, 9.17) is 9.47 Å². The molecular weight excluding hydrogens is 254 g/mol. The molecule has 1 aliphatic rings. The number of benzene rings is 2. The average molecular weight is 265 g/mol. The highest BCUT2D eigenvalue weighted by Gasteiger charge is 2.13. The summed E-state index contributed by atoms with van der Waals surface area (Å²) in [6.07, 6.45) is 0. The maximum Gasteiger partial charge on any atom is 0.300 e. The lowest BCUT2D eigenvalue weighted by atomic mass is 10.2. The number of hydrogen-bond acceptors (Lipinski definition) is 3. The molecule has 0 spiro atoms. The molecule has 0 unspecified atom stereocenters. The topological polar surface area (TPSA) is 47.6 Å². The molecule has 2 aromatic carbocycles. The molecule has 0 atom stereocenters. The number of amides is 1. The van der Waals surface area contributed by atoms with Crippen LogP contribution in [0.15, 0.2) is 48.5 Å². The van der Waals surface area contributed by atoms with Crippen molar-refractivity contribution in [1.82, 2.24) is 0 Å². The van der Waals surface area contributed by atoms with Gasteiger partial charge in [0.25, 0.3) is 0 Å². The third-order valence-corrected chi connectivity index (χ3v) is 2.72. The normalized spacial score (nSPS) is 11.4. The summed E-state index contributed by atoms with van der Waals surface area (Å²) in [5.74, 6) is 6.28. The van der Waals surface area contributed by atoms with Crippen molar-refractivity contribution in [3.05, 3.63) is 54.1 Å². The number of rotatable bonds is 1. The Kier molecular flexibility index (Phi) is 3.25. The van der Waals surface area contributed by atoms with Crippen molar-refractivity contribution in [2.75, 3.05) is 12.1 Å². The van der Waals surface area contributed by atoms with Crippen LogP contribution in [0.25, 0.3) is 0 Å². The van der Waals surface area contributed by atoms with Gasteiger partial charge in [-0.05, 0) is 24.3 Å². The van der Waals surface area contributed by atoms with Gasteiger partial charge in [-0.15, -0.1) is 0 Å². The SMILES string of the molecule is O=C(C#Cc1ccccc1)Nc1ccc2c(c1)OCO2. The van der Waals surface area contributed by atoms with Crippen LogP contribution in [0.1, 0.15) is 5.56 Å². The van der Waals surface area contributed by atoms with Gasteiger partial charge in [0.2, 0.25) is 6.79 Å². The highest BCUT2D eigenvalue weighted by atomic mass is 16.7. The average Bonchev–Trinajstić information content (AvgIpc) is 2.94. The Morgan fingerprint density at radius 1 is 1.05 bits per heavy atom. The summed E-state index contributed by atoms with van der Waals surface area (Å²) < 4.78 is 10.4. The Morgan fingerprint density at radius 3 is 2.70 bits per heavy atom. The lowest BCUT2D eigenvalue weighted by Crippen LogP contribution is -2.08. The van der Waals surface area contributed by atoms with Gasteiger partial charge in [0, 0.05) is 23.2 Å². The molecule has 3 rings (SSSR count). The molecule has 0 aliphatic carbocycles. The van der Waals surface area contributed by atoms with Gasteiger partial charge in [0.1, 0.15) is 0 Å². The monoisotopic (exact) mass is 265 g/mol. The van der Waals surface area contributed by atoms with E-state index in [-0.39, 0.29) is 12.7 Å². The van der Waals surface area contributed by atoms with E-state index in [2.05, 4.69) is 17.2 Å². The summed E-state index contributed by atoms with van der Waals surface area (Å²) in [5, 5.41) is 2.69. The molecule has 1 amide bonds. The highest BCUT2D eigenvalue weighted by Crippen LogP contribution is 2.34. The van der Waals surface area contributed by atoms with Gasteiger partial charge in [0.05, 0.1) is 0 Å². The van der Waals surface area contributed by atoms with Crippen LogP contribution in [0.2, 0.25) is 0 Å². The Hall–Kier alpha value is -2.93. The van der Waals surface area contributed by atoms with E-state index >= 15 is 0 Å². The Bertz CT molecular complexity index is 699. The highest BCUT2D eigenvalue weighted by molar-refractivity contribution is 6.04. The Balaban J connectivity index is 1.69. The summed E-state index contributed by atoms with van der Waals surface area (Å²) in [4.78, 5) is 11.7. The van der Waals surface area contributed by atoms with E-state index in [0.29, 0.717) is 17.2 Å². The van der Waals surface area contributed by atoms with E-state index in [0.717, 1.165) is 5.56 Å². The van der Waals surface area contributed by atoms with E-state index < -0.39 is 0 Å². The van der Waals surface area contributed by atoms with Gasteiger partial charge in [-0.3, -0.25) is 4.79 Å². The first-order chi connectivity index (χ1) is 9.81. The minimum absolute atomic E-state index is 0.209. The fourth-order valence-electron chi connectivity index (χ4n) is 1.79. The number of nitrogens with one attached hydrogen (secondary N) is 1. The zero-order valence-corrected chi connectivity index (χ0v) is 10.6. The van der Waals surface area contributed by atoms with Crippen LogP contribution in [0.4, 0.5) is 5.69 Å². The first-order valence-electron chi connectivity index (χ1n) is 6.09. The molecule has 0 saturated heterocycles. The van der Waals surface area contributed by atoms with E-state index in [1.165, 1.54) is 0 Å². The van der Waals surface area contributed by atoms with Crippen molar-refractivity contribution < 1.29 is 14.3 Å². The van der Waals surface area contributed by atoms with Gasteiger partial charge < -0.3 is 14.8 Å². The van der Waals surface area contributed by atoms with Crippen LogP contribution in [0, 0.1) is 11.8 Å². The van der Waals surface area contributed by atoms with Crippen LogP contribution < -0.4 is 14.8 Å². The maximum atomic E-state index is 11.7. The van der Waals surface area contributed by atoms with E-state index in [1.807, 2.05) is 30.3 Å². The smallest absolute Gasteiger partial charge is 0.300 e. The van der Waals surface area contributed by atoms with E-state index in [9.17, 15) is 4.79 Å². The van der Waals surface area contributed by atoms with Crippen molar-refractivity contribution in [3.63, 3.8) is 0 Å².